The van der Waals surface area contributed by atoms with Crippen LogP contribution in [0.5, 0.6) is 0 Å². The van der Waals surface area contributed by atoms with E-state index in [1.165, 1.54) is 0 Å². The Labute approximate surface area is 96.6 Å². The first-order valence-electron chi connectivity index (χ1n) is 4.26. The lowest BCUT2D eigenvalue weighted by Crippen LogP contribution is -1.94. The van der Waals surface area contributed by atoms with Crippen molar-refractivity contribution in [3.8, 4) is 0 Å². The van der Waals surface area contributed by atoms with Crippen LogP contribution in [0.4, 0.5) is 5.69 Å². The number of anilines is 1. The van der Waals surface area contributed by atoms with E-state index in [1.54, 1.807) is 31.3 Å². The van der Waals surface area contributed by atoms with Gasteiger partial charge in [0.15, 0.2) is 0 Å². The summed E-state index contributed by atoms with van der Waals surface area (Å²) in [5.74, 6) is 1.00. The molecule has 0 unspecified atom stereocenters. The minimum atomic E-state index is 0.724. The van der Waals surface area contributed by atoms with Gasteiger partial charge >= 0.3 is 0 Å². The Balaban J connectivity index is 2.49. The first-order chi connectivity index (χ1) is 6.75. The van der Waals surface area contributed by atoms with Gasteiger partial charge in [0.1, 0.15) is 0 Å². The summed E-state index contributed by atoms with van der Waals surface area (Å²) in [5.41, 5.74) is 6.52. The molecule has 1 rings (SSSR count). The van der Waals surface area contributed by atoms with Gasteiger partial charge in [-0.25, -0.2) is 0 Å². The van der Waals surface area contributed by atoms with E-state index in [0.29, 0.717) is 0 Å². The lowest BCUT2D eigenvalue weighted by molar-refractivity contribution is 0.200. The Hall–Kier alpha value is -0.260. The number of rotatable bonds is 5. The standard InChI is InChI=1S/C9H13BrN2OS/c1-13-3-2-4-14-9-7(10)5-12-6-8(9)11/h5-6H,2-4,11H2,1H3. The first kappa shape index (κ1) is 11.8. The van der Waals surface area contributed by atoms with Gasteiger partial charge in [0.05, 0.1) is 16.4 Å². The number of methoxy groups -OCH3 is 1. The molecule has 1 aromatic heterocycles. The maximum atomic E-state index is 5.79. The number of nitrogens with two attached hydrogens (primary N) is 1. The number of hydrogen-bond donors (Lipinski definition) is 1. The molecule has 0 aromatic carbocycles. The predicted molar refractivity (Wildman–Crippen MR) is 63.6 cm³/mol. The number of ether oxygens (including phenoxy) is 1. The van der Waals surface area contributed by atoms with Gasteiger partial charge in [-0.3, -0.25) is 4.98 Å². The normalized spacial score (nSPS) is 10.4. The molecule has 0 fully saturated rings. The zero-order chi connectivity index (χ0) is 10.4. The van der Waals surface area contributed by atoms with Gasteiger partial charge in [-0.2, -0.15) is 0 Å². The molecule has 0 bridgehead atoms. The van der Waals surface area contributed by atoms with Crippen molar-refractivity contribution in [1.82, 2.24) is 4.98 Å². The van der Waals surface area contributed by atoms with Crippen LogP contribution in [0.2, 0.25) is 0 Å². The van der Waals surface area contributed by atoms with E-state index < -0.39 is 0 Å². The number of nitrogens with zero attached hydrogens (tertiary/aromatic N) is 1. The third-order valence-electron chi connectivity index (χ3n) is 1.62. The highest BCUT2D eigenvalue weighted by atomic mass is 79.9. The zero-order valence-corrected chi connectivity index (χ0v) is 10.4. The molecular formula is C9H13BrN2OS. The highest BCUT2D eigenvalue weighted by molar-refractivity contribution is 9.10. The van der Waals surface area contributed by atoms with Gasteiger partial charge in [0.2, 0.25) is 0 Å². The van der Waals surface area contributed by atoms with Crippen molar-refractivity contribution < 1.29 is 4.74 Å². The van der Waals surface area contributed by atoms with Crippen molar-refractivity contribution in [3.05, 3.63) is 16.9 Å². The largest absolute Gasteiger partial charge is 0.397 e. The summed E-state index contributed by atoms with van der Waals surface area (Å²) >= 11 is 5.14. The van der Waals surface area contributed by atoms with Crippen molar-refractivity contribution in [2.24, 2.45) is 0 Å². The fourth-order valence-corrected chi connectivity index (χ4v) is 2.53. The summed E-state index contributed by atoms with van der Waals surface area (Å²) in [6.07, 6.45) is 4.45. The number of thioether (sulfide) groups is 1. The molecule has 0 aliphatic carbocycles. The van der Waals surface area contributed by atoms with Crippen LogP contribution in [0.1, 0.15) is 6.42 Å². The number of halogens is 1. The second-order valence-electron chi connectivity index (χ2n) is 2.73. The lowest BCUT2D eigenvalue weighted by atomic mass is 10.4. The molecule has 1 aromatic rings. The summed E-state index contributed by atoms with van der Waals surface area (Å²) < 4.78 is 5.93. The molecule has 2 N–H and O–H groups in total. The third-order valence-corrected chi connectivity index (χ3v) is 3.72. The van der Waals surface area contributed by atoms with E-state index in [0.717, 1.165) is 33.8 Å². The second-order valence-corrected chi connectivity index (χ2v) is 4.69. The Morgan fingerprint density at radius 3 is 3.00 bits per heavy atom. The molecule has 0 saturated heterocycles. The summed E-state index contributed by atoms with van der Waals surface area (Å²) in [6, 6.07) is 0. The van der Waals surface area contributed by atoms with Crippen LogP contribution in [0.25, 0.3) is 0 Å². The van der Waals surface area contributed by atoms with Crippen LogP contribution in [0.15, 0.2) is 21.8 Å². The molecule has 0 atom stereocenters. The van der Waals surface area contributed by atoms with Crippen molar-refractivity contribution in [2.45, 2.75) is 11.3 Å². The van der Waals surface area contributed by atoms with E-state index in [4.69, 9.17) is 10.5 Å². The van der Waals surface area contributed by atoms with Gasteiger partial charge in [0.25, 0.3) is 0 Å². The third kappa shape index (κ3) is 3.48. The van der Waals surface area contributed by atoms with Crippen molar-refractivity contribution >= 4 is 33.4 Å². The van der Waals surface area contributed by atoms with E-state index >= 15 is 0 Å². The first-order valence-corrected chi connectivity index (χ1v) is 6.04. The summed E-state index contributed by atoms with van der Waals surface area (Å²) in [6.45, 7) is 0.787. The highest BCUT2D eigenvalue weighted by Crippen LogP contribution is 2.31. The Bertz CT molecular complexity index is 276. The molecule has 0 saturated carbocycles. The number of pyridine rings is 1. The van der Waals surface area contributed by atoms with Crippen molar-refractivity contribution in [1.29, 1.82) is 0 Å². The molecule has 78 valence electrons. The van der Waals surface area contributed by atoms with Gasteiger partial charge in [0, 0.05) is 30.6 Å². The van der Waals surface area contributed by atoms with Crippen LogP contribution in [0.3, 0.4) is 0 Å². The smallest absolute Gasteiger partial charge is 0.0650 e. The average Bonchev–Trinajstić information content (AvgIpc) is 2.16. The van der Waals surface area contributed by atoms with Gasteiger partial charge in [-0.1, -0.05) is 0 Å². The summed E-state index contributed by atoms with van der Waals surface area (Å²) in [5, 5.41) is 0. The molecule has 5 heteroatoms. The predicted octanol–water partition coefficient (Wildman–Crippen LogP) is 2.55. The van der Waals surface area contributed by atoms with E-state index in [1.807, 2.05) is 0 Å². The van der Waals surface area contributed by atoms with Crippen LogP contribution in [-0.4, -0.2) is 24.5 Å². The Morgan fingerprint density at radius 2 is 2.36 bits per heavy atom. The molecule has 1 heterocycles. The van der Waals surface area contributed by atoms with E-state index in [9.17, 15) is 0 Å². The number of aromatic nitrogens is 1. The van der Waals surface area contributed by atoms with Gasteiger partial charge in [-0.05, 0) is 22.4 Å². The second kappa shape index (κ2) is 6.27. The monoisotopic (exact) mass is 276 g/mol. The number of nitrogen functional groups attached to an aromatic ring is 1. The number of hydrogen-bond acceptors (Lipinski definition) is 4. The Kier molecular flexibility index (Phi) is 5.29. The van der Waals surface area contributed by atoms with Crippen LogP contribution in [0, 0.1) is 0 Å². The maximum Gasteiger partial charge on any atom is 0.0650 e. The van der Waals surface area contributed by atoms with Crippen molar-refractivity contribution in [3.63, 3.8) is 0 Å². The van der Waals surface area contributed by atoms with Gasteiger partial charge in [-0.15, -0.1) is 11.8 Å². The fourth-order valence-electron chi connectivity index (χ4n) is 0.968. The molecule has 0 radical (unpaired) electrons. The van der Waals surface area contributed by atoms with Crippen LogP contribution >= 0.6 is 27.7 Å². The molecule has 14 heavy (non-hydrogen) atoms. The summed E-state index contributed by atoms with van der Waals surface area (Å²) in [4.78, 5) is 5.04. The van der Waals surface area contributed by atoms with Crippen LogP contribution in [-0.2, 0) is 4.74 Å². The van der Waals surface area contributed by atoms with Crippen molar-refractivity contribution in [2.75, 3.05) is 25.2 Å². The molecule has 0 aliphatic rings. The minimum Gasteiger partial charge on any atom is -0.397 e. The quantitative estimate of drug-likeness (QED) is 0.663. The van der Waals surface area contributed by atoms with E-state index in [2.05, 4.69) is 20.9 Å². The molecular weight excluding hydrogens is 264 g/mol. The molecule has 0 amide bonds. The maximum absolute atomic E-state index is 5.79. The zero-order valence-electron chi connectivity index (χ0n) is 8.00. The van der Waals surface area contributed by atoms with Gasteiger partial charge < -0.3 is 10.5 Å². The molecule has 3 nitrogen and oxygen atoms in total. The summed E-state index contributed by atoms with van der Waals surface area (Å²) in [7, 11) is 1.71. The SMILES string of the molecule is COCCCSc1c(N)cncc1Br. The van der Waals surface area contributed by atoms with Crippen LogP contribution < -0.4 is 5.73 Å². The highest BCUT2D eigenvalue weighted by Gasteiger charge is 2.04. The Morgan fingerprint density at radius 1 is 1.57 bits per heavy atom. The lowest BCUT2D eigenvalue weighted by Gasteiger charge is -2.06. The minimum absolute atomic E-state index is 0.724. The molecule has 0 spiro atoms. The topological polar surface area (TPSA) is 48.1 Å². The molecule has 0 aliphatic heterocycles. The average molecular weight is 277 g/mol. The fraction of sp³-hybridized carbons (Fsp3) is 0.444. The van der Waals surface area contributed by atoms with E-state index in [-0.39, 0.29) is 0 Å².